The normalized spacial score (nSPS) is 17.9. The lowest BCUT2D eigenvalue weighted by molar-refractivity contribution is -0.121. The van der Waals surface area contributed by atoms with Crippen LogP contribution in [0.1, 0.15) is 51.2 Å². The number of amides is 1. The summed E-state index contributed by atoms with van der Waals surface area (Å²) in [5, 5.41) is 6.05. The molecule has 6 heteroatoms. The van der Waals surface area contributed by atoms with Crippen molar-refractivity contribution in [2.75, 3.05) is 26.3 Å². The van der Waals surface area contributed by atoms with E-state index >= 15 is 0 Å². The molecular formula is C17H29N3O2S. The molecular weight excluding hydrogens is 310 g/mol. The van der Waals surface area contributed by atoms with Gasteiger partial charge in [0.15, 0.2) is 0 Å². The molecule has 1 amide bonds. The number of hydrogen-bond acceptors (Lipinski definition) is 5. The van der Waals surface area contributed by atoms with Gasteiger partial charge in [-0.3, -0.25) is 9.69 Å². The molecule has 1 N–H and O–H groups in total. The SMILES string of the molecule is C[C@@H](CCC(=O)NCc1nc(C(C)(C)C)cs1)N1CCOCC1. The molecule has 1 atom stereocenters. The van der Waals surface area contributed by atoms with Gasteiger partial charge in [-0.25, -0.2) is 4.98 Å². The van der Waals surface area contributed by atoms with Crippen LogP contribution in [0.3, 0.4) is 0 Å². The molecule has 2 heterocycles. The quantitative estimate of drug-likeness (QED) is 0.865. The highest BCUT2D eigenvalue weighted by atomic mass is 32.1. The zero-order valence-electron chi connectivity index (χ0n) is 14.7. The first kappa shape index (κ1) is 18.4. The Bertz CT molecular complexity index is 504. The second kappa shape index (κ2) is 8.22. The number of rotatable bonds is 6. The van der Waals surface area contributed by atoms with Gasteiger partial charge < -0.3 is 10.1 Å². The summed E-state index contributed by atoms with van der Waals surface area (Å²) in [4.78, 5) is 19.0. The number of morpholine rings is 1. The van der Waals surface area contributed by atoms with E-state index < -0.39 is 0 Å². The van der Waals surface area contributed by atoms with Crippen LogP contribution in [0.25, 0.3) is 0 Å². The van der Waals surface area contributed by atoms with Crippen LogP contribution in [0.5, 0.6) is 0 Å². The number of nitrogens with zero attached hydrogens (tertiary/aromatic N) is 2. The van der Waals surface area contributed by atoms with Crippen LogP contribution >= 0.6 is 11.3 Å². The Labute approximate surface area is 143 Å². The first-order chi connectivity index (χ1) is 10.9. The molecule has 1 aromatic rings. The fraction of sp³-hybridized carbons (Fsp3) is 0.765. The van der Waals surface area contributed by atoms with Gasteiger partial charge in [-0.1, -0.05) is 20.8 Å². The topological polar surface area (TPSA) is 54.5 Å². The minimum absolute atomic E-state index is 0.0619. The zero-order valence-corrected chi connectivity index (χ0v) is 15.5. The Morgan fingerprint density at radius 3 is 2.74 bits per heavy atom. The van der Waals surface area contributed by atoms with Crippen molar-refractivity contribution in [2.45, 2.75) is 58.5 Å². The van der Waals surface area contributed by atoms with E-state index in [1.807, 2.05) is 0 Å². The maximum atomic E-state index is 12.0. The predicted octanol–water partition coefficient (Wildman–Crippen LogP) is 2.56. The summed E-state index contributed by atoms with van der Waals surface area (Å²) in [6.07, 6.45) is 1.45. The summed E-state index contributed by atoms with van der Waals surface area (Å²) in [6, 6.07) is 0.428. The number of aromatic nitrogens is 1. The molecule has 130 valence electrons. The molecule has 2 rings (SSSR count). The average molecular weight is 340 g/mol. The highest BCUT2D eigenvalue weighted by Crippen LogP contribution is 2.23. The van der Waals surface area contributed by atoms with Crippen molar-refractivity contribution in [1.82, 2.24) is 15.2 Å². The first-order valence-electron chi connectivity index (χ1n) is 8.39. The van der Waals surface area contributed by atoms with Crippen LogP contribution in [0, 0.1) is 0 Å². The number of hydrogen-bond donors (Lipinski definition) is 1. The van der Waals surface area contributed by atoms with Crippen molar-refractivity contribution >= 4 is 17.2 Å². The lowest BCUT2D eigenvalue weighted by atomic mass is 9.93. The lowest BCUT2D eigenvalue weighted by Crippen LogP contribution is -2.42. The van der Waals surface area contributed by atoms with Crippen LogP contribution in [0.15, 0.2) is 5.38 Å². The summed E-state index contributed by atoms with van der Waals surface area (Å²) in [5.41, 5.74) is 1.15. The average Bonchev–Trinajstić information content (AvgIpc) is 3.00. The van der Waals surface area contributed by atoms with Crippen LogP contribution in [-0.2, 0) is 21.5 Å². The number of nitrogens with one attached hydrogen (secondary N) is 1. The molecule has 1 aliphatic heterocycles. The Kier molecular flexibility index (Phi) is 6.56. The van der Waals surface area contributed by atoms with E-state index in [2.05, 4.69) is 48.3 Å². The summed E-state index contributed by atoms with van der Waals surface area (Å²) in [5.74, 6) is 0.109. The van der Waals surface area contributed by atoms with Crippen molar-refractivity contribution in [3.05, 3.63) is 16.1 Å². The Morgan fingerprint density at radius 2 is 2.13 bits per heavy atom. The van der Waals surface area contributed by atoms with Crippen LogP contribution in [0.4, 0.5) is 0 Å². The third-order valence-electron chi connectivity index (χ3n) is 4.22. The van der Waals surface area contributed by atoms with E-state index in [1.54, 1.807) is 11.3 Å². The van der Waals surface area contributed by atoms with Gasteiger partial charge in [0.05, 0.1) is 25.5 Å². The lowest BCUT2D eigenvalue weighted by Gasteiger charge is -2.32. The Morgan fingerprint density at radius 1 is 1.43 bits per heavy atom. The van der Waals surface area contributed by atoms with E-state index in [9.17, 15) is 4.79 Å². The van der Waals surface area contributed by atoms with E-state index in [1.165, 1.54) is 0 Å². The van der Waals surface area contributed by atoms with E-state index in [4.69, 9.17) is 4.74 Å². The molecule has 1 aromatic heterocycles. The van der Waals surface area contributed by atoms with Crippen molar-refractivity contribution < 1.29 is 9.53 Å². The van der Waals surface area contributed by atoms with Crippen molar-refractivity contribution in [1.29, 1.82) is 0 Å². The molecule has 1 aliphatic rings. The highest BCUT2D eigenvalue weighted by Gasteiger charge is 2.19. The van der Waals surface area contributed by atoms with Gasteiger partial charge in [0, 0.05) is 36.3 Å². The minimum Gasteiger partial charge on any atom is -0.379 e. The van der Waals surface area contributed by atoms with Gasteiger partial charge in [-0.05, 0) is 13.3 Å². The van der Waals surface area contributed by atoms with Gasteiger partial charge in [0.1, 0.15) is 5.01 Å². The van der Waals surface area contributed by atoms with E-state index in [0.717, 1.165) is 43.4 Å². The monoisotopic (exact) mass is 339 g/mol. The molecule has 0 bridgehead atoms. The van der Waals surface area contributed by atoms with Crippen molar-refractivity contribution in [3.8, 4) is 0 Å². The van der Waals surface area contributed by atoms with Crippen molar-refractivity contribution in [2.24, 2.45) is 0 Å². The minimum atomic E-state index is 0.0619. The zero-order chi connectivity index (χ0) is 16.9. The van der Waals surface area contributed by atoms with Gasteiger partial charge in [0.2, 0.25) is 5.91 Å². The molecule has 0 aromatic carbocycles. The van der Waals surface area contributed by atoms with Gasteiger partial charge in [0.25, 0.3) is 0 Å². The molecule has 23 heavy (non-hydrogen) atoms. The summed E-state index contributed by atoms with van der Waals surface area (Å²) in [6.45, 7) is 12.7. The molecule has 0 radical (unpaired) electrons. The number of carbonyl (C=O) groups is 1. The third kappa shape index (κ3) is 5.86. The Hall–Kier alpha value is -0.980. The molecule has 0 unspecified atom stereocenters. The van der Waals surface area contributed by atoms with Crippen LogP contribution in [0.2, 0.25) is 0 Å². The molecule has 5 nitrogen and oxygen atoms in total. The maximum Gasteiger partial charge on any atom is 0.220 e. The smallest absolute Gasteiger partial charge is 0.220 e. The largest absolute Gasteiger partial charge is 0.379 e. The van der Waals surface area contributed by atoms with Crippen molar-refractivity contribution in [3.63, 3.8) is 0 Å². The predicted molar refractivity (Wildman–Crippen MR) is 93.7 cm³/mol. The highest BCUT2D eigenvalue weighted by molar-refractivity contribution is 7.09. The molecule has 0 saturated carbocycles. The van der Waals surface area contributed by atoms with E-state index in [0.29, 0.717) is 19.0 Å². The maximum absolute atomic E-state index is 12.0. The molecule has 1 saturated heterocycles. The fourth-order valence-corrected chi connectivity index (χ4v) is 3.50. The Balaban J connectivity index is 1.69. The molecule has 0 spiro atoms. The fourth-order valence-electron chi connectivity index (χ4n) is 2.54. The molecule has 1 fully saturated rings. The number of thiazole rings is 1. The summed E-state index contributed by atoms with van der Waals surface area (Å²) >= 11 is 1.62. The van der Waals surface area contributed by atoms with Crippen LogP contribution in [-0.4, -0.2) is 48.1 Å². The summed E-state index contributed by atoms with van der Waals surface area (Å²) in [7, 11) is 0. The van der Waals surface area contributed by atoms with Gasteiger partial charge in [-0.15, -0.1) is 11.3 Å². The van der Waals surface area contributed by atoms with Gasteiger partial charge >= 0.3 is 0 Å². The second-order valence-electron chi connectivity index (χ2n) is 7.19. The van der Waals surface area contributed by atoms with E-state index in [-0.39, 0.29) is 11.3 Å². The number of ether oxygens (including phenoxy) is 1. The first-order valence-corrected chi connectivity index (χ1v) is 9.27. The molecule has 0 aliphatic carbocycles. The second-order valence-corrected chi connectivity index (χ2v) is 8.13. The van der Waals surface area contributed by atoms with Crippen LogP contribution < -0.4 is 5.32 Å². The summed E-state index contributed by atoms with van der Waals surface area (Å²) < 4.78 is 5.36. The third-order valence-corrected chi connectivity index (χ3v) is 5.06. The van der Waals surface area contributed by atoms with Gasteiger partial charge in [-0.2, -0.15) is 0 Å². The standard InChI is InChI=1S/C17H29N3O2S/c1-13(20-7-9-22-10-8-20)5-6-15(21)18-11-16-19-14(12-23-16)17(2,3)4/h12-13H,5-11H2,1-4H3,(H,18,21)/t13-/m0/s1. The number of carbonyl (C=O) groups excluding carboxylic acids is 1.